The monoisotopic (exact) mass is 370 g/mol. The Morgan fingerprint density at radius 2 is 2.08 bits per heavy atom. The molecular formula is C17H11ClN4O2S. The van der Waals surface area contributed by atoms with Crippen molar-refractivity contribution >= 4 is 54.9 Å². The summed E-state index contributed by atoms with van der Waals surface area (Å²) < 4.78 is 0.984. The van der Waals surface area contributed by atoms with E-state index in [9.17, 15) is 9.90 Å². The van der Waals surface area contributed by atoms with Gasteiger partial charge in [0.2, 0.25) is 5.13 Å². The molecule has 124 valence electrons. The zero-order chi connectivity index (χ0) is 17.6. The molecule has 0 aliphatic heterocycles. The van der Waals surface area contributed by atoms with E-state index in [1.807, 2.05) is 25.1 Å². The molecule has 0 amide bonds. The van der Waals surface area contributed by atoms with Gasteiger partial charge in [0, 0.05) is 5.39 Å². The maximum absolute atomic E-state index is 12.2. The average molecular weight is 371 g/mol. The SMILES string of the molecule is Cc1ccc2nc(N=Nc3c(O)c4cccc(Cl)c4[nH]c3=O)sc2c1. The Bertz CT molecular complexity index is 1210. The largest absolute Gasteiger partial charge is 0.505 e. The highest BCUT2D eigenvalue weighted by atomic mass is 35.5. The molecular weight excluding hydrogens is 360 g/mol. The minimum absolute atomic E-state index is 0.176. The highest BCUT2D eigenvalue weighted by Gasteiger charge is 2.13. The van der Waals surface area contributed by atoms with E-state index in [4.69, 9.17) is 11.6 Å². The Kier molecular flexibility index (Phi) is 3.74. The first kappa shape index (κ1) is 15.7. The molecule has 0 spiro atoms. The van der Waals surface area contributed by atoms with E-state index < -0.39 is 5.56 Å². The topological polar surface area (TPSA) is 90.7 Å². The second-order valence-corrected chi connectivity index (χ2v) is 6.90. The number of pyridine rings is 1. The maximum Gasteiger partial charge on any atom is 0.280 e. The Labute approximate surface area is 150 Å². The highest BCUT2D eigenvalue weighted by Crippen LogP contribution is 2.35. The van der Waals surface area contributed by atoms with Crippen molar-refractivity contribution in [1.82, 2.24) is 9.97 Å². The van der Waals surface area contributed by atoms with E-state index in [0.717, 1.165) is 15.8 Å². The van der Waals surface area contributed by atoms with E-state index >= 15 is 0 Å². The quantitative estimate of drug-likeness (QED) is 0.474. The van der Waals surface area contributed by atoms with E-state index in [2.05, 4.69) is 20.2 Å². The van der Waals surface area contributed by atoms with Crippen molar-refractivity contribution in [1.29, 1.82) is 0 Å². The van der Waals surface area contributed by atoms with Gasteiger partial charge in [0.25, 0.3) is 5.56 Å². The van der Waals surface area contributed by atoms with Gasteiger partial charge >= 0.3 is 0 Å². The van der Waals surface area contributed by atoms with Crippen LogP contribution >= 0.6 is 22.9 Å². The van der Waals surface area contributed by atoms with Crippen LogP contribution < -0.4 is 5.56 Å². The molecule has 0 atom stereocenters. The predicted octanol–water partition coefficient (Wildman–Crippen LogP) is 5.22. The molecule has 0 fully saturated rings. The van der Waals surface area contributed by atoms with Gasteiger partial charge < -0.3 is 10.1 Å². The predicted molar refractivity (Wildman–Crippen MR) is 99.8 cm³/mol. The molecule has 0 radical (unpaired) electrons. The number of halogens is 1. The van der Waals surface area contributed by atoms with Crippen molar-refractivity contribution in [3.63, 3.8) is 0 Å². The van der Waals surface area contributed by atoms with Crippen LogP contribution in [0.4, 0.5) is 10.8 Å². The van der Waals surface area contributed by atoms with Crippen molar-refractivity contribution in [3.8, 4) is 5.75 Å². The van der Waals surface area contributed by atoms with Gasteiger partial charge in [0.1, 0.15) is 0 Å². The highest BCUT2D eigenvalue weighted by molar-refractivity contribution is 7.21. The number of H-pyrrole nitrogens is 1. The summed E-state index contributed by atoms with van der Waals surface area (Å²) in [6.07, 6.45) is 0. The summed E-state index contributed by atoms with van der Waals surface area (Å²) in [7, 11) is 0. The van der Waals surface area contributed by atoms with Gasteiger partial charge in [-0.05, 0) is 36.8 Å². The average Bonchev–Trinajstić information content (AvgIpc) is 2.97. The number of nitrogens with zero attached hydrogens (tertiary/aromatic N) is 3. The molecule has 2 heterocycles. The molecule has 0 bridgehead atoms. The lowest BCUT2D eigenvalue weighted by molar-refractivity contribution is 0.481. The number of rotatable bonds is 2. The number of thiazole rings is 1. The van der Waals surface area contributed by atoms with Gasteiger partial charge in [-0.1, -0.05) is 35.1 Å². The third-order valence-corrected chi connectivity index (χ3v) is 4.93. The molecule has 0 unspecified atom stereocenters. The Balaban J connectivity index is 1.81. The summed E-state index contributed by atoms with van der Waals surface area (Å²) in [6.45, 7) is 2.00. The van der Waals surface area contributed by atoms with E-state index in [1.54, 1.807) is 18.2 Å². The third-order valence-electron chi connectivity index (χ3n) is 3.71. The third kappa shape index (κ3) is 2.77. The van der Waals surface area contributed by atoms with Crippen LogP contribution in [0.25, 0.3) is 21.1 Å². The van der Waals surface area contributed by atoms with Crippen LogP contribution in [0.1, 0.15) is 5.56 Å². The lowest BCUT2D eigenvalue weighted by Gasteiger charge is -2.04. The van der Waals surface area contributed by atoms with Gasteiger partial charge in [-0.3, -0.25) is 4.79 Å². The number of hydrogen-bond donors (Lipinski definition) is 2. The molecule has 2 N–H and O–H groups in total. The summed E-state index contributed by atoms with van der Waals surface area (Å²) in [5.41, 5.74) is 1.55. The zero-order valence-corrected chi connectivity index (χ0v) is 14.5. The second-order valence-electron chi connectivity index (χ2n) is 5.48. The van der Waals surface area contributed by atoms with Crippen LogP contribution in [0.15, 0.2) is 51.4 Å². The summed E-state index contributed by atoms with van der Waals surface area (Å²) in [4.78, 5) is 19.2. The fourth-order valence-corrected chi connectivity index (χ4v) is 3.61. The number of azo groups is 1. The minimum atomic E-state index is -0.571. The number of aryl methyl sites for hydroxylation is 1. The second kappa shape index (κ2) is 5.94. The van der Waals surface area contributed by atoms with Crippen molar-refractivity contribution in [2.75, 3.05) is 0 Å². The molecule has 25 heavy (non-hydrogen) atoms. The van der Waals surface area contributed by atoms with Gasteiger partial charge in [0.15, 0.2) is 11.4 Å². The molecule has 0 saturated heterocycles. The van der Waals surface area contributed by atoms with Gasteiger partial charge in [-0.15, -0.1) is 10.2 Å². The molecule has 6 nitrogen and oxygen atoms in total. The van der Waals surface area contributed by atoms with Crippen molar-refractivity contribution < 1.29 is 5.11 Å². The van der Waals surface area contributed by atoms with Crippen LogP contribution in [-0.4, -0.2) is 15.1 Å². The van der Waals surface area contributed by atoms with Crippen molar-refractivity contribution in [3.05, 3.63) is 57.3 Å². The van der Waals surface area contributed by atoms with Crippen LogP contribution in [-0.2, 0) is 0 Å². The van der Waals surface area contributed by atoms with Gasteiger partial charge in [-0.2, -0.15) is 0 Å². The lowest BCUT2D eigenvalue weighted by Crippen LogP contribution is -2.05. The Hall–Kier alpha value is -2.77. The summed E-state index contributed by atoms with van der Waals surface area (Å²) in [5, 5.41) is 19.4. The molecule has 0 aliphatic carbocycles. The van der Waals surface area contributed by atoms with Crippen LogP contribution in [0.3, 0.4) is 0 Å². The van der Waals surface area contributed by atoms with Crippen LogP contribution in [0, 0.1) is 6.92 Å². The molecule has 8 heteroatoms. The smallest absolute Gasteiger partial charge is 0.280 e. The fourth-order valence-electron chi connectivity index (χ4n) is 2.50. The number of aromatic amines is 1. The number of para-hydroxylation sites is 1. The summed E-state index contributed by atoms with van der Waals surface area (Å²) >= 11 is 7.40. The number of hydrogen-bond acceptors (Lipinski definition) is 6. The zero-order valence-electron chi connectivity index (χ0n) is 12.9. The van der Waals surface area contributed by atoms with Crippen LogP contribution in [0.2, 0.25) is 5.02 Å². The first-order valence-electron chi connectivity index (χ1n) is 7.35. The minimum Gasteiger partial charge on any atom is -0.505 e. The number of nitrogens with one attached hydrogen (secondary N) is 1. The number of fused-ring (bicyclic) bond motifs is 2. The number of benzene rings is 2. The fraction of sp³-hybridized carbons (Fsp3) is 0.0588. The van der Waals surface area contributed by atoms with Crippen molar-refractivity contribution in [2.24, 2.45) is 10.2 Å². The first-order valence-corrected chi connectivity index (χ1v) is 8.55. The normalized spacial score (nSPS) is 11.8. The molecule has 4 rings (SSSR count). The maximum atomic E-state index is 12.2. The van der Waals surface area contributed by atoms with Crippen LogP contribution in [0.5, 0.6) is 5.75 Å². The molecule has 2 aromatic heterocycles. The lowest BCUT2D eigenvalue weighted by atomic mass is 10.2. The number of aromatic hydroxyl groups is 1. The van der Waals surface area contributed by atoms with E-state index in [-0.39, 0.29) is 11.4 Å². The Morgan fingerprint density at radius 1 is 1.24 bits per heavy atom. The van der Waals surface area contributed by atoms with Crippen molar-refractivity contribution in [2.45, 2.75) is 6.92 Å². The van der Waals surface area contributed by atoms with E-state index in [1.165, 1.54) is 11.3 Å². The summed E-state index contributed by atoms with van der Waals surface area (Å²) in [5.74, 6) is -0.262. The number of aromatic nitrogens is 2. The van der Waals surface area contributed by atoms with E-state index in [0.29, 0.717) is 21.1 Å². The molecule has 0 aliphatic rings. The molecule has 0 saturated carbocycles. The molecule has 2 aromatic carbocycles. The standard InChI is InChI=1S/C17H11ClN4O2S/c1-8-5-6-11-12(7-8)25-17(19-11)22-21-14-15(23)9-3-2-4-10(18)13(9)20-16(14)24/h2-7H,1H3,(H2,20,23,24). The summed E-state index contributed by atoms with van der Waals surface area (Å²) in [6, 6.07) is 10.8. The Morgan fingerprint density at radius 3 is 2.92 bits per heavy atom. The van der Waals surface area contributed by atoms with Gasteiger partial charge in [0.05, 0.1) is 20.8 Å². The molecule has 4 aromatic rings. The first-order chi connectivity index (χ1) is 12.0. The van der Waals surface area contributed by atoms with Gasteiger partial charge in [-0.25, -0.2) is 4.98 Å².